The average molecular weight is 194 g/mol. The fourth-order valence-electron chi connectivity index (χ4n) is 3.50. The van der Waals surface area contributed by atoms with Crippen LogP contribution in [0.25, 0.3) is 0 Å². The summed E-state index contributed by atoms with van der Waals surface area (Å²) < 4.78 is 5.11. The third kappa shape index (κ3) is 0.748. The van der Waals surface area contributed by atoms with Crippen molar-refractivity contribution in [2.75, 3.05) is 0 Å². The third-order valence-corrected chi connectivity index (χ3v) is 4.18. The highest BCUT2D eigenvalue weighted by Crippen LogP contribution is 2.55. The number of ether oxygens (including phenoxy) is 1. The quantitative estimate of drug-likeness (QED) is 0.433. The Kier molecular flexibility index (Phi) is 1.56. The first-order valence-corrected chi connectivity index (χ1v) is 5.50. The molecule has 3 nitrogen and oxygen atoms in total. The van der Waals surface area contributed by atoms with Crippen LogP contribution in [0.15, 0.2) is 0 Å². The van der Waals surface area contributed by atoms with Crippen molar-refractivity contribution in [3.63, 3.8) is 0 Å². The molecule has 14 heavy (non-hydrogen) atoms. The molecule has 1 heterocycles. The molecule has 1 aliphatic heterocycles. The van der Waals surface area contributed by atoms with Crippen molar-refractivity contribution >= 4 is 11.8 Å². The summed E-state index contributed by atoms with van der Waals surface area (Å²) in [4.78, 5) is 23.5. The first kappa shape index (κ1) is 8.45. The number of Topliss-reactive ketones (excluding diaryl/α,β-unsaturated/α-hetero) is 1. The monoisotopic (exact) mass is 194 g/mol. The molecule has 2 aliphatic carbocycles. The Morgan fingerprint density at radius 3 is 2.64 bits per heavy atom. The Bertz CT molecular complexity index is 308. The second-order valence-corrected chi connectivity index (χ2v) is 4.71. The Morgan fingerprint density at radius 2 is 1.93 bits per heavy atom. The van der Waals surface area contributed by atoms with Gasteiger partial charge in [-0.1, -0.05) is 0 Å². The molecule has 2 saturated carbocycles. The molecule has 1 spiro atoms. The Hall–Kier alpha value is -0.860. The molecule has 0 aromatic heterocycles. The maximum atomic E-state index is 11.9. The molecular formula is C11H14O3. The van der Waals surface area contributed by atoms with E-state index in [4.69, 9.17) is 4.74 Å². The topological polar surface area (TPSA) is 43.4 Å². The van der Waals surface area contributed by atoms with Gasteiger partial charge in [0.2, 0.25) is 0 Å². The lowest BCUT2D eigenvalue weighted by molar-refractivity contribution is -0.226. The predicted octanol–water partition coefficient (Wildman–Crippen LogP) is 1.45. The minimum absolute atomic E-state index is 0.0680. The van der Waals surface area contributed by atoms with Crippen molar-refractivity contribution in [2.24, 2.45) is 11.3 Å². The summed E-state index contributed by atoms with van der Waals surface area (Å²) in [6.45, 7) is 0. The number of esters is 1. The van der Waals surface area contributed by atoms with Crippen LogP contribution >= 0.6 is 0 Å². The van der Waals surface area contributed by atoms with Crippen LogP contribution in [-0.2, 0) is 14.3 Å². The number of rotatable bonds is 0. The van der Waals surface area contributed by atoms with Crippen molar-refractivity contribution in [3.05, 3.63) is 0 Å². The number of carbonyl (C=O) groups excluding carboxylic acids is 2. The van der Waals surface area contributed by atoms with Crippen molar-refractivity contribution in [2.45, 2.75) is 44.6 Å². The van der Waals surface area contributed by atoms with Crippen molar-refractivity contribution in [1.82, 2.24) is 0 Å². The molecule has 1 saturated heterocycles. The van der Waals surface area contributed by atoms with E-state index in [1.165, 1.54) is 0 Å². The summed E-state index contributed by atoms with van der Waals surface area (Å²) in [6, 6.07) is 0. The van der Waals surface area contributed by atoms with Crippen molar-refractivity contribution < 1.29 is 14.3 Å². The van der Waals surface area contributed by atoms with Gasteiger partial charge in [-0.3, -0.25) is 9.59 Å². The molecule has 0 bridgehead atoms. The molecule has 3 fully saturated rings. The molecule has 3 atom stereocenters. The second kappa shape index (κ2) is 2.59. The minimum Gasteiger partial charge on any atom is -0.460 e. The van der Waals surface area contributed by atoms with Gasteiger partial charge in [0.1, 0.15) is 6.10 Å². The van der Waals surface area contributed by atoms with Crippen LogP contribution < -0.4 is 0 Å². The summed E-state index contributed by atoms with van der Waals surface area (Å²) in [7, 11) is 0. The number of hydrogen-bond donors (Lipinski definition) is 0. The van der Waals surface area contributed by atoms with Crippen LogP contribution in [0, 0.1) is 11.3 Å². The van der Waals surface area contributed by atoms with Crippen LogP contribution in [0.1, 0.15) is 38.5 Å². The van der Waals surface area contributed by atoms with Crippen LogP contribution in [0.4, 0.5) is 0 Å². The minimum atomic E-state index is -0.670. The van der Waals surface area contributed by atoms with Crippen molar-refractivity contribution in [3.8, 4) is 0 Å². The first-order chi connectivity index (χ1) is 6.76. The van der Waals surface area contributed by atoms with Gasteiger partial charge in [0.25, 0.3) is 0 Å². The fourth-order valence-corrected chi connectivity index (χ4v) is 3.50. The molecule has 3 rings (SSSR count). The van der Waals surface area contributed by atoms with Crippen LogP contribution in [0.5, 0.6) is 0 Å². The van der Waals surface area contributed by atoms with E-state index in [9.17, 15) is 9.59 Å². The Labute approximate surface area is 82.8 Å². The summed E-state index contributed by atoms with van der Waals surface area (Å²) in [5, 5.41) is 0. The van der Waals surface area contributed by atoms with Gasteiger partial charge < -0.3 is 4.74 Å². The predicted molar refractivity (Wildman–Crippen MR) is 48.5 cm³/mol. The maximum Gasteiger partial charge on any atom is 0.324 e. The van der Waals surface area contributed by atoms with Crippen molar-refractivity contribution in [1.29, 1.82) is 0 Å². The summed E-state index contributed by atoms with van der Waals surface area (Å²) in [5.41, 5.74) is -0.670. The Morgan fingerprint density at radius 1 is 1.14 bits per heavy atom. The number of ketones is 1. The Balaban J connectivity index is 2.03. The zero-order chi connectivity index (χ0) is 9.76. The van der Waals surface area contributed by atoms with E-state index in [1.807, 2.05) is 0 Å². The lowest BCUT2D eigenvalue weighted by Crippen LogP contribution is -2.67. The zero-order valence-electron chi connectivity index (χ0n) is 8.12. The van der Waals surface area contributed by atoms with E-state index in [2.05, 4.69) is 0 Å². The van der Waals surface area contributed by atoms with Gasteiger partial charge in [-0.25, -0.2) is 0 Å². The lowest BCUT2D eigenvalue weighted by Gasteiger charge is -2.54. The smallest absolute Gasteiger partial charge is 0.324 e. The van der Waals surface area contributed by atoms with Gasteiger partial charge >= 0.3 is 5.97 Å². The largest absolute Gasteiger partial charge is 0.460 e. The molecule has 0 unspecified atom stereocenters. The molecular weight excluding hydrogens is 180 g/mol. The SMILES string of the molecule is O=C1CCC[C@@H]2CCC[C@H]3OC(=O)[C@@]123. The molecule has 0 amide bonds. The normalized spacial score (nSPS) is 46.0. The summed E-state index contributed by atoms with van der Waals surface area (Å²) in [6.07, 6.45) is 5.56. The maximum absolute atomic E-state index is 11.9. The molecule has 0 aromatic rings. The number of hydrogen-bond acceptors (Lipinski definition) is 3. The highest BCUT2D eigenvalue weighted by atomic mass is 16.6. The average Bonchev–Trinajstić information content (AvgIpc) is 2.16. The van der Waals surface area contributed by atoms with Gasteiger partial charge in [-0.2, -0.15) is 0 Å². The lowest BCUT2D eigenvalue weighted by atomic mass is 9.55. The zero-order valence-corrected chi connectivity index (χ0v) is 8.12. The van der Waals surface area contributed by atoms with Gasteiger partial charge in [0, 0.05) is 6.42 Å². The standard InChI is InChI=1S/C11H14O3/c12-8-5-1-3-7-4-2-6-9-11(7,8)10(13)14-9/h7,9H,1-6H2/t7-,9-,11-/m1/s1. The molecule has 0 radical (unpaired) electrons. The van der Waals surface area contributed by atoms with E-state index < -0.39 is 5.41 Å². The van der Waals surface area contributed by atoms with E-state index in [-0.39, 0.29) is 17.9 Å². The fraction of sp³-hybridized carbons (Fsp3) is 0.818. The molecule has 0 aromatic carbocycles. The molecule has 3 aliphatic rings. The highest BCUT2D eigenvalue weighted by Gasteiger charge is 2.68. The van der Waals surface area contributed by atoms with Gasteiger partial charge in [-0.15, -0.1) is 0 Å². The third-order valence-electron chi connectivity index (χ3n) is 4.18. The van der Waals surface area contributed by atoms with Gasteiger partial charge in [0.15, 0.2) is 11.2 Å². The van der Waals surface area contributed by atoms with Gasteiger partial charge in [0.05, 0.1) is 0 Å². The molecule has 76 valence electrons. The highest BCUT2D eigenvalue weighted by molar-refractivity contribution is 6.08. The van der Waals surface area contributed by atoms with E-state index in [1.54, 1.807) is 0 Å². The molecule has 3 heteroatoms. The molecule has 0 N–H and O–H groups in total. The second-order valence-electron chi connectivity index (χ2n) is 4.71. The van der Waals surface area contributed by atoms with E-state index >= 15 is 0 Å². The first-order valence-electron chi connectivity index (χ1n) is 5.50. The van der Waals surface area contributed by atoms with Crippen LogP contribution in [0.3, 0.4) is 0 Å². The van der Waals surface area contributed by atoms with Crippen LogP contribution in [0.2, 0.25) is 0 Å². The van der Waals surface area contributed by atoms with Gasteiger partial charge in [-0.05, 0) is 38.0 Å². The summed E-state index contributed by atoms with van der Waals surface area (Å²) >= 11 is 0. The number of carbonyl (C=O) groups is 2. The van der Waals surface area contributed by atoms with E-state index in [0.29, 0.717) is 12.3 Å². The van der Waals surface area contributed by atoms with E-state index in [0.717, 1.165) is 32.1 Å². The summed E-state index contributed by atoms with van der Waals surface area (Å²) in [5.74, 6) is 0.232. The van der Waals surface area contributed by atoms with Crippen LogP contribution in [-0.4, -0.2) is 17.9 Å².